The molecule has 0 spiro atoms. The molecular weight excluding hydrogens is 393 g/mol. The number of phenolic OH excluding ortho intramolecular Hbond substituents is 1. The number of phenols is 1. The second-order valence-corrected chi connectivity index (χ2v) is 8.47. The van der Waals surface area contributed by atoms with Crippen molar-refractivity contribution in [2.75, 3.05) is 4.90 Å². The van der Waals surface area contributed by atoms with Crippen LogP contribution in [0, 0.1) is 17.8 Å². The highest BCUT2D eigenvalue weighted by Gasteiger charge is 2.58. The highest BCUT2D eigenvalue weighted by atomic mass is 16.5. The number of para-hydroxylation sites is 2. The van der Waals surface area contributed by atoms with Crippen molar-refractivity contribution in [3.63, 3.8) is 0 Å². The third-order valence-corrected chi connectivity index (χ3v) is 6.94. The van der Waals surface area contributed by atoms with E-state index in [2.05, 4.69) is 0 Å². The maximum absolute atomic E-state index is 13.5. The van der Waals surface area contributed by atoms with Gasteiger partial charge in [0.1, 0.15) is 5.75 Å². The van der Waals surface area contributed by atoms with Gasteiger partial charge in [-0.2, -0.15) is 0 Å². The van der Waals surface area contributed by atoms with Crippen molar-refractivity contribution in [3.05, 3.63) is 71.2 Å². The Bertz CT molecular complexity index is 1070. The predicted octanol–water partition coefficient (Wildman–Crippen LogP) is 3.41. The van der Waals surface area contributed by atoms with Crippen LogP contribution in [0.25, 0.3) is 0 Å². The van der Waals surface area contributed by atoms with Crippen LogP contribution in [0.5, 0.6) is 5.75 Å². The second-order valence-electron chi connectivity index (χ2n) is 8.47. The Morgan fingerprint density at radius 2 is 1.74 bits per heavy atom. The maximum Gasteiger partial charge on any atom is 0.487 e. The van der Waals surface area contributed by atoms with Gasteiger partial charge in [-0.05, 0) is 48.9 Å². The van der Waals surface area contributed by atoms with Crippen molar-refractivity contribution >= 4 is 24.6 Å². The molecule has 1 aliphatic carbocycles. The van der Waals surface area contributed by atoms with E-state index in [1.165, 1.54) is 4.90 Å². The Hall–Kier alpha value is -2.90. The number of imide groups is 1. The van der Waals surface area contributed by atoms with Gasteiger partial charge in [0.05, 0.1) is 23.6 Å². The van der Waals surface area contributed by atoms with Gasteiger partial charge in [-0.1, -0.05) is 48.9 Å². The minimum atomic E-state index is -1.16. The first-order chi connectivity index (χ1) is 15.0. The minimum Gasteiger partial charge on any atom is -0.508 e. The van der Waals surface area contributed by atoms with Gasteiger partial charge < -0.3 is 14.8 Å². The first-order valence-electron chi connectivity index (χ1n) is 10.8. The summed E-state index contributed by atoms with van der Waals surface area (Å²) in [5.41, 5.74) is 2.89. The summed E-state index contributed by atoms with van der Waals surface area (Å²) in [6.07, 6.45) is 1.01. The van der Waals surface area contributed by atoms with Gasteiger partial charge in [0.25, 0.3) is 0 Å². The number of hydrogen-bond donors (Lipinski definition) is 2. The Morgan fingerprint density at radius 3 is 2.45 bits per heavy atom. The molecule has 2 aliphatic heterocycles. The van der Waals surface area contributed by atoms with Crippen LogP contribution in [0.1, 0.15) is 37.9 Å². The number of amides is 2. The van der Waals surface area contributed by atoms with Crippen LogP contribution in [0.3, 0.4) is 0 Å². The molecule has 0 aromatic heterocycles. The summed E-state index contributed by atoms with van der Waals surface area (Å²) in [6.45, 7) is 2.00. The highest BCUT2D eigenvalue weighted by molar-refractivity contribution is 6.53. The summed E-state index contributed by atoms with van der Waals surface area (Å²) in [6, 6.07) is 15.9. The zero-order valence-electron chi connectivity index (χ0n) is 17.3. The Kier molecular flexibility index (Phi) is 4.95. The van der Waals surface area contributed by atoms with Crippen molar-refractivity contribution in [1.82, 2.24) is 0 Å². The van der Waals surface area contributed by atoms with E-state index in [0.717, 1.165) is 11.0 Å². The van der Waals surface area contributed by atoms with Crippen LogP contribution in [0.15, 0.2) is 65.6 Å². The fourth-order valence-corrected chi connectivity index (χ4v) is 5.54. The zero-order chi connectivity index (χ0) is 21.7. The summed E-state index contributed by atoms with van der Waals surface area (Å²) >= 11 is 0. The molecular formula is C24H24BNO5. The van der Waals surface area contributed by atoms with Crippen LogP contribution in [0.2, 0.25) is 0 Å². The van der Waals surface area contributed by atoms with Crippen LogP contribution in [-0.4, -0.2) is 29.1 Å². The lowest BCUT2D eigenvalue weighted by atomic mass is 9.55. The highest BCUT2D eigenvalue weighted by Crippen LogP contribution is 2.52. The van der Waals surface area contributed by atoms with Crippen molar-refractivity contribution in [1.29, 1.82) is 0 Å². The van der Waals surface area contributed by atoms with Gasteiger partial charge in [-0.25, -0.2) is 0 Å². The van der Waals surface area contributed by atoms with Crippen LogP contribution < -0.4 is 4.90 Å². The number of hydrogen-bond acceptors (Lipinski definition) is 5. The molecule has 2 heterocycles. The summed E-state index contributed by atoms with van der Waals surface area (Å²) in [4.78, 5) is 28.2. The lowest BCUT2D eigenvalue weighted by molar-refractivity contribution is -0.123. The van der Waals surface area contributed by atoms with Crippen LogP contribution >= 0.6 is 0 Å². The Balaban J connectivity index is 1.56. The van der Waals surface area contributed by atoms with Gasteiger partial charge in [0.15, 0.2) is 0 Å². The molecule has 7 heteroatoms. The molecule has 2 saturated heterocycles. The van der Waals surface area contributed by atoms with Crippen molar-refractivity contribution in [2.24, 2.45) is 17.8 Å². The summed E-state index contributed by atoms with van der Waals surface area (Å²) < 4.78 is 5.90. The first-order valence-corrected chi connectivity index (χ1v) is 10.8. The normalized spacial score (nSPS) is 28.1. The fourth-order valence-electron chi connectivity index (χ4n) is 5.54. The molecule has 0 bridgehead atoms. The number of allylic oxidation sites excluding steroid dienone is 2. The fraction of sp³-hybridized carbons (Fsp3) is 0.333. The Morgan fingerprint density at radius 1 is 1.03 bits per heavy atom. The molecule has 3 aliphatic rings. The van der Waals surface area contributed by atoms with E-state index in [1.54, 1.807) is 36.4 Å². The molecule has 6 nitrogen and oxygen atoms in total. The van der Waals surface area contributed by atoms with Gasteiger partial charge in [-0.15, -0.1) is 0 Å². The van der Waals surface area contributed by atoms with E-state index < -0.39 is 25.1 Å². The third kappa shape index (κ3) is 3.11. The number of carbonyl (C=O) groups excluding carboxylic acids is 2. The van der Waals surface area contributed by atoms with E-state index in [1.807, 2.05) is 25.1 Å². The Labute approximate surface area is 181 Å². The standard InChI is InChI=1S/C24H24BNO5/c1-2-14-12-18-21(24(29)26(23(18)28)15-8-4-3-5-9-15)17-13-20(31-25(30)22(14)17)16-10-6-7-11-19(16)27/h3-11,17-18,20-21,27,30H,2,12-13H2,1H3/t17-,18-,20-,21+/m0/s1. The average molecular weight is 417 g/mol. The molecule has 2 fully saturated rings. The number of benzene rings is 2. The van der Waals surface area contributed by atoms with Gasteiger partial charge >= 0.3 is 7.12 Å². The summed E-state index contributed by atoms with van der Waals surface area (Å²) in [5.74, 6) is -1.59. The monoisotopic (exact) mass is 417 g/mol. The van der Waals surface area contributed by atoms with Crippen molar-refractivity contribution in [2.45, 2.75) is 32.3 Å². The number of aromatic hydroxyl groups is 1. The van der Waals surface area contributed by atoms with Gasteiger partial charge in [0.2, 0.25) is 11.8 Å². The molecule has 0 radical (unpaired) electrons. The van der Waals surface area contributed by atoms with E-state index in [4.69, 9.17) is 4.65 Å². The topological polar surface area (TPSA) is 87.1 Å². The maximum atomic E-state index is 13.5. The van der Waals surface area contributed by atoms with E-state index in [-0.39, 0.29) is 23.5 Å². The molecule has 158 valence electrons. The molecule has 0 unspecified atom stereocenters. The van der Waals surface area contributed by atoms with E-state index in [9.17, 15) is 19.7 Å². The molecule has 2 aromatic carbocycles. The first kappa shape index (κ1) is 20.0. The predicted molar refractivity (Wildman–Crippen MR) is 116 cm³/mol. The molecule has 4 atom stereocenters. The largest absolute Gasteiger partial charge is 0.508 e. The average Bonchev–Trinajstić information content (AvgIpc) is 3.03. The molecule has 5 rings (SSSR count). The van der Waals surface area contributed by atoms with Crippen LogP contribution in [0.4, 0.5) is 5.69 Å². The quantitative estimate of drug-likeness (QED) is 0.591. The third-order valence-electron chi connectivity index (χ3n) is 6.94. The minimum absolute atomic E-state index is 0.0925. The van der Waals surface area contributed by atoms with Crippen molar-refractivity contribution < 1.29 is 24.4 Å². The summed E-state index contributed by atoms with van der Waals surface area (Å²) in [5, 5.41) is 21.2. The number of anilines is 1. The SMILES string of the molecule is CCC1=C2B(O)O[C@H](c3ccccc3O)C[C@H]2[C@H]2C(=O)N(c3ccccc3)C(=O)[C@H]2C1. The lowest BCUT2D eigenvalue weighted by Crippen LogP contribution is -2.44. The van der Waals surface area contributed by atoms with E-state index in [0.29, 0.717) is 30.5 Å². The number of nitrogens with zero attached hydrogens (tertiary/aromatic N) is 1. The smallest absolute Gasteiger partial charge is 0.487 e. The second kappa shape index (κ2) is 7.66. The van der Waals surface area contributed by atoms with Crippen molar-refractivity contribution in [3.8, 4) is 5.75 Å². The molecule has 31 heavy (non-hydrogen) atoms. The number of carbonyl (C=O) groups is 2. The molecule has 0 saturated carbocycles. The zero-order valence-corrected chi connectivity index (χ0v) is 17.3. The van der Waals surface area contributed by atoms with Crippen LogP contribution in [-0.2, 0) is 14.2 Å². The van der Waals surface area contributed by atoms with E-state index >= 15 is 0 Å². The van der Waals surface area contributed by atoms with Gasteiger partial charge in [0, 0.05) is 5.56 Å². The number of rotatable bonds is 3. The molecule has 2 aromatic rings. The summed E-state index contributed by atoms with van der Waals surface area (Å²) in [7, 11) is -1.16. The number of fused-ring (bicyclic) bond motifs is 3. The molecule has 2 amide bonds. The molecule has 2 N–H and O–H groups in total. The lowest BCUT2D eigenvalue weighted by Gasteiger charge is -2.42. The van der Waals surface area contributed by atoms with Gasteiger partial charge in [-0.3, -0.25) is 14.5 Å².